The van der Waals surface area contributed by atoms with Crippen LogP contribution in [0.15, 0.2) is 23.8 Å². The van der Waals surface area contributed by atoms with Crippen LogP contribution in [-0.4, -0.2) is 17.0 Å². The summed E-state index contributed by atoms with van der Waals surface area (Å²) >= 11 is 1.78. The minimum Gasteiger partial charge on any atom is -0.373 e. The van der Waals surface area contributed by atoms with Gasteiger partial charge in [0, 0.05) is 17.5 Å². The lowest BCUT2D eigenvalue weighted by Crippen LogP contribution is -2.18. The lowest BCUT2D eigenvalue weighted by molar-refractivity contribution is 0.551. The van der Waals surface area contributed by atoms with Crippen LogP contribution in [0.5, 0.6) is 0 Å². The Morgan fingerprint density at radius 2 is 2.00 bits per heavy atom. The lowest BCUT2D eigenvalue weighted by atomic mass is 10.0. The highest BCUT2D eigenvalue weighted by Crippen LogP contribution is 2.31. The average Bonchev–Trinajstić information content (AvgIpc) is 2.97. The van der Waals surface area contributed by atoms with Crippen molar-refractivity contribution in [2.24, 2.45) is 5.92 Å². The molecule has 5 heteroatoms. The molecule has 108 valence electrons. The summed E-state index contributed by atoms with van der Waals surface area (Å²) in [6, 6.07) is 4.55. The summed E-state index contributed by atoms with van der Waals surface area (Å²) in [4.78, 5) is 10.1. The minimum atomic E-state index is 0.278. The first-order valence-electron chi connectivity index (χ1n) is 6.98. The van der Waals surface area contributed by atoms with E-state index in [1.807, 2.05) is 7.05 Å². The summed E-state index contributed by atoms with van der Waals surface area (Å²) in [7, 11) is 1.89. The molecule has 2 heterocycles. The highest BCUT2D eigenvalue weighted by Gasteiger charge is 2.19. The van der Waals surface area contributed by atoms with E-state index in [1.165, 1.54) is 4.88 Å². The standard InChI is InChI=1S/C15H22N4S/c1-5-11-14(16-4)17-9-18-15(11)19-13(10(2)3)12-7-6-8-20-12/h6-10,13H,5H2,1-4H3,(H2,16,17,18,19). The van der Waals surface area contributed by atoms with E-state index in [9.17, 15) is 0 Å². The Morgan fingerprint density at radius 1 is 1.25 bits per heavy atom. The van der Waals surface area contributed by atoms with Crippen LogP contribution in [0.2, 0.25) is 0 Å². The van der Waals surface area contributed by atoms with Crippen LogP contribution >= 0.6 is 11.3 Å². The first kappa shape index (κ1) is 14.8. The molecular weight excluding hydrogens is 268 g/mol. The molecule has 2 aromatic rings. The molecule has 0 aromatic carbocycles. The Balaban J connectivity index is 2.32. The molecule has 0 radical (unpaired) electrons. The Labute approximate surface area is 124 Å². The van der Waals surface area contributed by atoms with Crippen LogP contribution in [0.4, 0.5) is 11.6 Å². The largest absolute Gasteiger partial charge is 0.373 e. The van der Waals surface area contributed by atoms with Crippen LogP contribution in [0, 0.1) is 5.92 Å². The maximum Gasteiger partial charge on any atom is 0.135 e. The minimum absolute atomic E-state index is 0.278. The quantitative estimate of drug-likeness (QED) is 0.845. The third-order valence-corrected chi connectivity index (χ3v) is 4.30. The summed E-state index contributed by atoms with van der Waals surface area (Å²) in [5.41, 5.74) is 1.14. The van der Waals surface area contributed by atoms with Crippen LogP contribution in [-0.2, 0) is 6.42 Å². The number of nitrogens with zero attached hydrogens (tertiary/aromatic N) is 2. The van der Waals surface area contributed by atoms with Crippen molar-refractivity contribution in [1.82, 2.24) is 9.97 Å². The van der Waals surface area contributed by atoms with Gasteiger partial charge in [-0.25, -0.2) is 9.97 Å². The molecule has 20 heavy (non-hydrogen) atoms. The summed E-state index contributed by atoms with van der Waals surface area (Å²) in [6.45, 7) is 6.58. The third kappa shape index (κ3) is 3.10. The first-order valence-corrected chi connectivity index (χ1v) is 7.86. The van der Waals surface area contributed by atoms with Crippen molar-refractivity contribution in [3.05, 3.63) is 34.3 Å². The Hall–Kier alpha value is -1.62. The van der Waals surface area contributed by atoms with Gasteiger partial charge >= 0.3 is 0 Å². The van der Waals surface area contributed by atoms with Crippen LogP contribution in [0.1, 0.15) is 37.3 Å². The van der Waals surface area contributed by atoms with E-state index in [4.69, 9.17) is 0 Å². The van der Waals surface area contributed by atoms with Crippen molar-refractivity contribution in [3.8, 4) is 0 Å². The number of thiophene rings is 1. The Bertz CT molecular complexity index is 537. The lowest BCUT2D eigenvalue weighted by Gasteiger charge is -2.23. The topological polar surface area (TPSA) is 49.8 Å². The maximum absolute atomic E-state index is 4.43. The SMILES string of the molecule is CCc1c(NC)ncnc1NC(c1cccs1)C(C)C. The van der Waals surface area contributed by atoms with Gasteiger partial charge in [-0.05, 0) is 23.8 Å². The van der Waals surface area contributed by atoms with Gasteiger partial charge in [0.2, 0.25) is 0 Å². The molecule has 0 amide bonds. The molecule has 0 aliphatic heterocycles. The summed E-state index contributed by atoms with van der Waals surface area (Å²) in [5.74, 6) is 2.32. The van der Waals surface area contributed by atoms with Gasteiger partial charge in [0.1, 0.15) is 18.0 Å². The molecule has 1 atom stereocenters. The highest BCUT2D eigenvalue weighted by molar-refractivity contribution is 7.10. The van der Waals surface area contributed by atoms with E-state index >= 15 is 0 Å². The fraction of sp³-hybridized carbons (Fsp3) is 0.467. The molecule has 2 N–H and O–H groups in total. The fourth-order valence-corrected chi connectivity index (χ4v) is 3.22. The van der Waals surface area contributed by atoms with Crippen molar-refractivity contribution < 1.29 is 0 Å². The van der Waals surface area contributed by atoms with Crippen LogP contribution in [0.3, 0.4) is 0 Å². The predicted octanol–water partition coefficient (Wildman–Crippen LogP) is 3.95. The second-order valence-electron chi connectivity index (χ2n) is 5.03. The maximum atomic E-state index is 4.43. The molecule has 0 aliphatic rings. The molecule has 1 unspecified atom stereocenters. The van der Waals surface area contributed by atoms with E-state index in [2.05, 4.69) is 58.9 Å². The molecular formula is C15H22N4S. The van der Waals surface area contributed by atoms with Crippen LogP contribution in [0.25, 0.3) is 0 Å². The summed E-state index contributed by atoms with van der Waals surface area (Å²) < 4.78 is 0. The fourth-order valence-electron chi connectivity index (χ4n) is 2.27. The van der Waals surface area contributed by atoms with E-state index in [-0.39, 0.29) is 6.04 Å². The van der Waals surface area contributed by atoms with E-state index < -0.39 is 0 Å². The van der Waals surface area contributed by atoms with Crippen molar-refractivity contribution in [2.75, 3.05) is 17.7 Å². The third-order valence-electron chi connectivity index (χ3n) is 3.34. The van der Waals surface area contributed by atoms with E-state index in [0.29, 0.717) is 5.92 Å². The van der Waals surface area contributed by atoms with Gasteiger partial charge in [-0.2, -0.15) is 0 Å². The zero-order valence-electron chi connectivity index (χ0n) is 12.5. The normalized spacial score (nSPS) is 12.4. The number of hydrogen-bond acceptors (Lipinski definition) is 5. The van der Waals surface area contributed by atoms with Gasteiger partial charge in [-0.15, -0.1) is 11.3 Å². The second kappa shape index (κ2) is 6.70. The number of rotatable bonds is 6. The molecule has 0 saturated heterocycles. The van der Waals surface area contributed by atoms with Gasteiger partial charge in [-0.1, -0.05) is 26.8 Å². The molecule has 2 aromatic heterocycles. The zero-order valence-corrected chi connectivity index (χ0v) is 13.3. The average molecular weight is 290 g/mol. The van der Waals surface area contributed by atoms with E-state index in [0.717, 1.165) is 23.6 Å². The number of aromatic nitrogens is 2. The number of hydrogen-bond donors (Lipinski definition) is 2. The molecule has 2 rings (SSSR count). The molecule has 0 fully saturated rings. The molecule has 0 saturated carbocycles. The molecule has 0 spiro atoms. The van der Waals surface area contributed by atoms with Gasteiger partial charge in [0.05, 0.1) is 6.04 Å². The van der Waals surface area contributed by atoms with Gasteiger partial charge in [0.25, 0.3) is 0 Å². The first-order chi connectivity index (χ1) is 9.67. The Morgan fingerprint density at radius 3 is 2.55 bits per heavy atom. The zero-order chi connectivity index (χ0) is 14.5. The monoisotopic (exact) mass is 290 g/mol. The predicted molar refractivity (Wildman–Crippen MR) is 86.5 cm³/mol. The van der Waals surface area contributed by atoms with Gasteiger partial charge in [-0.3, -0.25) is 0 Å². The summed E-state index contributed by atoms with van der Waals surface area (Å²) in [6.07, 6.45) is 2.51. The second-order valence-corrected chi connectivity index (χ2v) is 6.01. The van der Waals surface area contributed by atoms with Crippen molar-refractivity contribution in [3.63, 3.8) is 0 Å². The van der Waals surface area contributed by atoms with E-state index in [1.54, 1.807) is 17.7 Å². The highest BCUT2D eigenvalue weighted by atomic mass is 32.1. The molecule has 4 nitrogen and oxygen atoms in total. The van der Waals surface area contributed by atoms with Crippen LogP contribution < -0.4 is 10.6 Å². The van der Waals surface area contributed by atoms with Gasteiger partial charge < -0.3 is 10.6 Å². The Kier molecular flexibility index (Phi) is 4.95. The molecule has 0 bridgehead atoms. The number of anilines is 2. The van der Waals surface area contributed by atoms with Crippen molar-refractivity contribution in [1.29, 1.82) is 0 Å². The molecule has 0 aliphatic carbocycles. The number of nitrogens with one attached hydrogen (secondary N) is 2. The van der Waals surface area contributed by atoms with Gasteiger partial charge in [0.15, 0.2) is 0 Å². The smallest absolute Gasteiger partial charge is 0.135 e. The van der Waals surface area contributed by atoms with Crippen molar-refractivity contribution in [2.45, 2.75) is 33.2 Å². The summed E-state index contributed by atoms with van der Waals surface area (Å²) in [5, 5.41) is 8.85. The van der Waals surface area contributed by atoms with Crippen molar-refractivity contribution >= 4 is 23.0 Å².